The number of carbonyl (C=O) groups is 1. The van der Waals surface area contributed by atoms with E-state index < -0.39 is 5.54 Å². The van der Waals surface area contributed by atoms with Gasteiger partial charge in [0.05, 0.1) is 21.4 Å². The minimum Gasteiger partial charge on any atom is -0.370 e. The quantitative estimate of drug-likeness (QED) is 0.815. The van der Waals surface area contributed by atoms with Crippen molar-refractivity contribution in [3.8, 4) is 0 Å². The van der Waals surface area contributed by atoms with Crippen LogP contribution >= 0.6 is 23.2 Å². The van der Waals surface area contributed by atoms with Crippen molar-refractivity contribution in [3.63, 3.8) is 0 Å². The average molecular weight is 315 g/mol. The van der Waals surface area contributed by atoms with Crippen LogP contribution < -0.4 is 10.2 Å². The van der Waals surface area contributed by atoms with E-state index in [2.05, 4.69) is 12.2 Å². The van der Waals surface area contributed by atoms with Crippen LogP contribution in [-0.4, -0.2) is 18.0 Å². The Kier molecular flexibility index (Phi) is 4.50. The summed E-state index contributed by atoms with van der Waals surface area (Å²) in [5, 5.41) is 4.21. The van der Waals surface area contributed by atoms with E-state index in [0.29, 0.717) is 16.6 Å². The lowest BCUT2D eigenvalue weighted by Crippen LogP contribution is -2.54. The maximum Gasteiger partial charge on any atom is 0.252 e. The molecule has 0 spiro atoms. The summed E-state index contributed by atoms with van der Waals surface area (Å²) in [6.45, 7) is 6.62. The van der Waals surface area contributed by atoms with E-state index in [4.69, 9.17) is 23.2 Å². The molecule has 1 heterocycles. The second-order valence-electron chi connectivity index (χ2n) is 5.70. The maximum absolute atomic E-state index is 12.6. The van der Waals surface area contributed by atoms with Crippen LogP contribution in [-0.2, 0) is 4.79 Å². The Morgan fingerprint density at radius 3 is 2.50 bits per heavy atom. The summed E-state index contributed by atoms with van der Waals surface area (Å²) in [6.07, 6.45) is 3.21. The Labute approximate surface area is 130 Å². The fraction of sp³-hybridized carbons (Fsp3) is 0.533. The smallest absolute Gasteiger partial charge is 0.252 e. The number of halogens is 2. The van der Waals surface area contributed by atoms with Crippen molar-refractivity contribution in [2.24, 2.45) is 0 Å². The van der Waals surface area contributed by atoms with Gasteiger partial charge in [-0.3, -0.25) is 4.79 Å². The molecular formula is C15H20Cl2N2O. The van der Waals surface area contributed by atoms with Gasteiger partial charge in [-0.25, -0.2) is 0 Å². The maximum atomic E-state index is 12.6. The van der Waals surface area contributed by atoms with Crippen molar-refractivity contribution in [1.82, 2.24) is 0 Å². The first-order valence-electron chi connectivity index (χ1n) is 6.96. The molecule has 110 valence electrons. The number of fused-ring (bicyclic) bond motifs is 1. The molecule has 0 bridgehead atoms. The van der Waals surface area contributed by atoms with Gasteiger partial charge in [0.2, 0.25) is 0 Å². The molecule has 0 radical (unpaired) electrons. The Morgan fingerprint density at radius 2 is 1.85 bits per heavy atom. The van der Waals surface area contributed by atoms with Crippen LogP contribution in [0.5, 0.6) is 0 Å². The van der Waals surface area contributed by atoms with Crippen LogP contribution in [0.2, 0.25) is 10.0 Å². The molecule has 2 rings (SSSR count). The van der Waals surface area contributed by atoms with Crippen molar-refractivity contribution < 1.29 is 4.79 Å². The van der Waals surface area contributed by atoms with Gasteiger partial charge in [0.15, 0.2) is 0 Å². The van der Waals surface area contributed by atoms with Crippen LogP contribution in [0, 0.1) is 0 Å². The lowest BCUT2D eigenvalue weighted by Gasteiger charge is -2.40. The summed E-state index contributed by atoms with van der Waals surface area (Å²) in [6, 6.07) is 3.56. The van der Waals surface area contributed by atoms with Crippen molar-refractivity contribution >= 4 is 40.5 Å². The highest BCUT2D eigenvalue weighted by Gasteiger charge is 2.38. The molecule has 0 atom stereocenters. The third-order valence-corrected chi connectivity index (χ3v) is 4.26. The minimum atomic E-state index is -0.629. The molecule has 0 aromatic heterocycles. The van der Waals surface area contributed by atoms with Crippen LogP contribution in [0.4, 0.5) is 11.4 Å². The lowest BCUT2D eigenvalue weighted by atomic mass is 9.97. The Balaban J connectivity index is 2.39. The highest BCUT2D eigenvalue weighted by atomic mass is 35.5. The predicted octanol–water partition coefficient (Wildman–Crippen LogP) is 4.72. The molecule has 1 aromatic rings. The molecule has 20 heavy (non-hydrogen) atoms. The van der Waals surface area contributed by atoms with E-state index in [1.807, 2.05) is 18.7 Å². The van der Waals surface area contributed by atoms with Gasteiger partial charge in [0.25, 0.3) is 5.91 Å². The Morgan fingerprint density at radius 1 is 1.20 bits per heavy atom. The average Bonchev–Trinajstić information content (AvgIpc) is 2.37. The highest BCUT2D eigenvalue weighted by molar-refractivity contribution is 6.42. The van der Waals surface area contributed by atoms with Crippen LogP contribution in [0.1, 0.15) is 40.0 Å². The molecule has 3 nitrogen and oxygen atoms in total. The van der Waals surface area contributed by atoms with Gasteiger partial charge in [-0.15, -0.1) is 0 Å². The fourth-order valence-electron chi connectivity index (χ4n) is 2.44. The SMILES string of the molecule is CCCCCN1C(=O)C(C)(C)Nc2cc(Cl)c(Cl)cc21. The zero-order valence-corrected chi connectivity index (χ0v) is 13.6. The first kappa shape index (κ1) is 15.5. The van der Waals surface area contributed by atoms with Gasteiger partial charge >= 0.3 is 0 Å². The summed E-state index contributed by atoms with van der Waals surface area (Å²) in [4.78, 5) is 14.4. The number of unbranched alkanes of at least 4 members (excludes halogenated alkanes) is 2. The summed E-state index contributed by atoms with van der Waals surface area (Å²) in [5.74, 6) is 0.0690. The number of amides is 1. The van der Waals surface area contributed by atoms with Crippen LogP contribution in [0.15, 0.2) is 12.1 Å². The van der Waals surface area contributed by atoms with Crippen LogP contribution in [0.3, 0.4) is 0 Å². The number of hydrogen-bond acceptors (Lipinski definition) is 2. The molecule has 0 unspecified atom stereocenters. The van der Waals surface area contributed by atoms with E-state index in [1.165, 1.54) is 0 Å². The fourth-order valence-corrected chi connectivity index (χ4v) is 2.76. The van der Waals surface area contributed by atoms with Gasteiger partial charge in [-0.05, 0) is 32.4 Å². The monoisotopic (exact) mass is 314 g/mol. The van der Waals surface area contributed by atoms with E-state index in [0.717, 1.165) is 30.6 Å². The van der Waals surface area contributed by atoms with Crippen LogP contribution in [0.25, 0.3) is 0 Å². The van der Waals surface area contributed by atoms with E-state index >= 15 is 0 Å². The molecule has 0 saturated heterocycles. The number of anilines is 2. The number of carbonyl (C=O) groups excluding carboxylic acids is 1. The van der Waals surface area contributed by atoms with E-state index in [1.54, 1.807) is 12.1 Å². The number of nitrogens with zero attached hydrogens (tertiary/aromatic N) is 1. The van der Waals surface area contributed by atoms with E-state index in [-0.39, 0.29) is 5.91 Å². The molecule has 1 amide bonds. The summed E-state index contributed by atoms with van der Waals surface area (Å²) in [5.41, 5.74) is 1.05. The Bertz CT molecular complexity index is 529. The largest absolute Gasteiger partial charge is 0.370 e. The van der Waals surface area contributed by atoms with E-state index in [9.17, 15) is 4.79 Å². The van der Waals surface area contributed by atoms with Gasteiger partial charge in [-0.1, -0.05) is 43.0 Å². The van der Waals surface area contributed by atoms with Crippen molar-refractivity contribution in [3.05, 3.63) is 22.2 Å². The predicted molar refractivity (Wildman–Crippen MR) is 86.0 cm³/mol. The molecule has 1 aliphatic heterocycles. The van der Waals surface area contributed by atoms with Gasteiger partial charge in [0.1, 0.15) is 5.54 Å². The van der Waals surface area contributed by atoms with Gasteiger partial charge in [-0.2, -0.15) is 0 Å². The topological polar surface area (TPSA) is 32.3 Å². The van der Waals surface area contributed by atoms with Crippen molar-refractivity contribution in [1.29, 1.82) is 0 Å². The number of benzene rings is 1. The number of hydrogen-bond donors (Lipinski definition) is 1. The molecule has 0 aliphatic carbocycles. The number of rotatable bonds is 4. The first-order valence-corrected chi connectivity index (χ1v) is 7.71. The molecule has 1 aliphatic rings. The highest BCUT2D eigenvalue weighted by Crippen LogP contribution is 2.40. The summed E-state index contributed by atoms with van der Waals surface area (Å²) >= 11 is 12.2. The second kappa shape index (κ2) is 5.82. The molecular weight excluding hydrogens is 295 g/mol. The third kappa shape index (κ3) is 2.89. The minimum absolute atomic E-state index is 0.0690. The second-order valence-corrected chi connectivity index (χ2v) is 6.51. The van der Waals surface area contributed by atoms with Gasteiger partial charge in [0, 0.05) is 6.54 Å². The van der Waals surface area contributed by atoms with Crippen molar-refractivity contribution in [2.45, 2.75) is 45.6 Å². The zero-order valence-electron chi connectivity index (χ0n) is 12.1. The Hall–Kier alpha value is -0.930. The van der Waals surface area contributed by atoms with Crippen molar-refractivity contribution in [2.75, 3.05) is 16.8 Å². The molecule has 0 saturated carbocycles. The zero-order chi connectivity index (χ0) is 14.9. The molecule has 0 fully saturated rings. The molecule has 1 aromatic carbocycles. The summed E-state index contributed by atoms with van der Waals surface area (Å²) < 4.78 is 0. The third-order valence-electron chi connectivity index (χ3n) is 3.54. The molecule has 1 N–H and O–H groups in total. The first-order chi connectivity index (χ1) is 9.36. The molecule has 5 heteroatoms. The normalized spacial score (nSPS) is 16.9. The standard InChI is InChI=1S/C15H20Cl2N2O/c1-4-5-6-7-19-13-9-11(17)10(16)8-12(13)18-15(2,3)14(19)20/h8-9,18H,4-7H2,1-3H3. The van der Waals surface area contributed by atoms with Gasteiger partial charge < -0.3 is 10.2 Å². The lowest BCUT2D eigenvalue weighted by molar-refractivity contribution is -0.122. The number of nitrogens with one attached hydrogen (secondary N) is 1. The summed E-state index contributed by atoms with van der Waals surface area (Å²) in [7, 11) is 0.